The molecule has 5 heteroatoms. The average Bonchev–Trinajstić information content (AvgIpc) is 2.55. The Kier molecular flexibility index (Phi) is 9.23. The van der Waals surface area contributed by atoms with Gasteiger partial charge in [0.15, 0.2) is 6.23 Å². The van der Waals surface area contributed by atoms with E-state index in [9.17, 15) is 4.79 Å². The standard InChI is InChI=1S/C19H33N3O2/c1-6-22(7-2)14-8-13-20-19(23)21-16(5)24-18-11-9-17(10-12-18)15(3)4/h9-12,15-16H,6-8,13-14H2,1-5H3,(H2,20,21,23). The van der Waals surface area contributed by atoms with E-state index in [1.54, 1.807) is 0 Å². The van der Waals surface area contributed by atoms with E-state index in [0.717, 1.165) is 31.8 Å². The zero-order valence-electron chi connectivity index (χ0n) is 15.8. The first-order valence-electron chi connectivity index (χ1n) is 8.99. The molecule has 0 saturated heterocycles. The van der Waals surface area contributed by atoms with Gasteiger partial charge < -0.3 is 20.3 Å². The number of benzene rings is 1. The summed E-state index contributed by atoms with van der Waals surface area (Å²) >= 11 is 0. The molecule has 0 aromatic heterocycles. The van der Waals surface area contributed by atoms with Gasteiger partial charge in [0.05, 0.1) is 0 Å². The third kappa shape index (κ3) is 7.68. The third-order valence-corrected chi connectivity index (χ3v) is 4.03. The molecule has 5 nitrogen and oxygen atoms in total. The van der Waals surface area contributed by atoms with Gasteiger partial charge in [-0.1, -0.05) is 39.8 Å². The fraction of sp³-hybridized carbons (Fsp3) is 0.632. The predicted octanol–water partition coefficient (Wildman–Crippen LogP) is 3.57. The van der Waals surface area contributed by atoms with E-state index in [1.165, 1.54) is 5.56 Å². The van der Waals surface area contributed by atoms with Crippen molar-refractivity contribution in [1.82, 2.24) is 15.5 Å². The Morgan fingerprint density at radius 2 is 1.75 bits per heavy atom. The Hall–Kier alpha value is -1.75. The molecule has 2 amide bonds. The second-order valence-corrected chi connectivity index (χ2v) is 6.26. The summed E-state index contributed by atoms with van der Waals surface area (Å²) in [5, 5.41) is 5.67. The predicted molar refractivity (Wildman–Crippen MR) is 99.6 cm³/mol. The van der Waals surface area contributed by atoms with Crippen LogP contribution >= 0.6 is 0 Å². The van der Waals surface area contributed by atoms with Crippen LogP contribution in [0.4, 0.5) is 4.79 Å². The molecular formula is C19H33N3O2. The number of carbonyl (C=O) groups excluding carboxylic acids is 1. The maximum Gasteiger partial charge on any atom is 0.317 e. The van der Waals surface area contributed by atoms with Crippen LogP contribution < -0.4 is 15.4 Å². The molecule has 0 aliphatic rings. The van der Waals surface area contributed by atoms with E-state index >= 15 is 0 Å². The largest absolute Gasteiger partial charge is 0.471 e. The minimum atomic E-state index is -0.377. The van der Waals surface area contributed by atoms with Crippen LogP contribution in [-0.4, -0.2) is 43.3 Å². The summed E-state index contributed by atoms with van der Waals surface area (Å²) in [5.41, 5.74) is 1.27. The maximum atomic E-state index is 11.9. The Balaban J connectivity index is 2.26. The van der Waals surface area contributed by atoms with Gasteiger partial charge in [0.2, 0.25) is 0 Å². The quantitative estimate of drug-likeness (QED) is 0.508. The average molecular weight is 335 g/mol. The summed E-state index contributed by atoms with van der Waals surface area (Å²) in [6, 6.07) is 7.80. The molecule has 24 heavy (non-hydrogen) atoms. The van der Waals surface area contributed by atoms with Crippen molar-refractivity contribution in [3.05, 3.63) is 29.8 Å². The highest BCUT2D eigenvalue weighted by molar-refractivity contribution is 5.73. The zero-order valence-corrected chi connectivity index (χ0v) is 15.8. The van der Waals surface area contributed by atoms with E-state index in [4.69, 9.17) is 4.74 Å². The number of nitrogens with one attached hydrogen (secondary N) is 2. The van der Waals surface area contributed by atoms with Crippen molar-refractivity contribution in [2.24, 2.45) is 0 Å². The Morgan fingerprint density at radius 1 is 1.12 bits per heavy atom. The highest BCUT2D eigenvalue weighted by Gasteiger charge is 2.08. The van der Waals surface area contributed by atoms with Crippen LogP contribution in [0.1, 0.15) is 52.5 Å². The lowest BCUT2D eigenvalue weighted by molar-refractivity contribution is 0.176. The summed E-state index contributed by atoms with van der Waals surface area (Å²) < 4.78 is 5.72. The van der Waals surface area contributed by atoms with E-state index in [1.807, 2.05) is 19.1 Å². The van der Waals surface area contributed by atoms with Gasteiger partial charge in [-0.05, 0) is 56.6 Å². The Bertz CT molecular complexity index is 470. The van der Waals surface area contributed by atoms with Gasteiger partial charge in [-0.3, -0.25) is 0 Å². The number of urea groups is 1. The van der Waals surface area contributed by atoms with Crippen molar-refractivity contribution in [2.75, 3.05) is 26.2 Å². The maximum absolute atomic E-state index is 11.9. The van der Waals surface area contributed by atoms with Crippen molar-refractivity contribution in [3.63, 3.8) is 0 Å². The molecule has 1 atom stereocenters. The van der Waals surface area contributed by atoms with Crippen molar-refractivity contribution in [1.29, 1.82) is 0 Å². The summed E-state index contributed by atoms with van der Waals surface area (Å²) in [7, 11) is 0. The summed E-state index contributed by atoms with van der Waals surface area (Å²) in [6.45, 7) is 14.2. The highest BCUT2D eigenvalue weighted by Crippen LogP contribution is 2.19. The van der Waals surface area contributed by atoms with Crippen molar-refractivity contribution in [3.8, 4) is 5.75 Å². The van der Waals surface area contributed by atoms with E-state index in [0.29, 0.717) is 12.5 Å². The number of carbonyl (C=O) groups is 1. The van der Waals surface area contributed by atoms with Gasteiger partial charge in [0.1, 0.15) is 5.75 Å². The third-order valence-electron chi connectivity index (χ3n) is 4.03. The number of rotatable bonds is 10. The van der Waals surface area contributed by atoms with Gasteiger partial charge in [-0.15, -0.1) is 0 Å². The molecule has 2 N–H and O–H groups in total. The van der Waals surface area contributed by atoms with Gasteiger partial charge in [0.25, 0.3) is 0 Å². The topological polar surface area (TPSA) is 53.6 Å². The first kappa shape index (κ1) is 20.3. The molecule has 1 aromatic carbocycles. The number of nitrogens with zero attached hydrogens (tertiary/aromatic N) is 1. The summed E-state index contributed by atoms with van der Waals surface area (Å²) in [4.78, 5) is 14.2. The van der Waals surface area contributed by atoms with Gasteiger partial charge in [-0.2, -0.15) is 0 Å². The molecule has 136 valence electrons. The Labute approximate surface area is 146 Å². The molecule has 0 aliphatic carbocycles. The minimum Gasteiger partial charge on any atom is -0.471 e. The fourth-order valence-corrected chi connectivity index (χ4v) is 2.44. The van der Waals surface area contributed by atoms with E-state index < -0.39 is 0 Å². The van der Waals surface area contributed by atoms with Gasteiger partial charge in [-0.25, -0.2) is 4.79 Å². The van der Waals surface area contributed by atoms with Crippen LogP contribution in [0, 0.1) is 0 Å². The number of ether oxygens (including phenoxy) is 1. The molecule has 0 fully saturated rings. The number of hydrogen-bond acceptors (Lipinski definition) is 3. The molecule has 1 rings (SSSR count). The molecule has 0 saturated carbocycles. The normalized spacial score (nSPS) is 12.3. The van der Waals surface area contributed by atoms with Gasteiger partial charge >= 0.3 is 6.03 Å². The molecule has 0 aliphatic heterocycles. The summed E-state index contributed by atoms with van der Waals surface area (Å²) in [5.74, 6) is 1.26. The molecular weight excluding hydrogens is 302 g/mol. The van der Waals surface area contributed by atoms with Crippen LogP contribution in [0.25, 0.3) is 0 Å². The first-order chi connectivity index (χ1) is 11.5. The van der Waals surface area contributed by atoms with Crippen LogP contribution in [0.2, 0.25) is 0 Å². The van der Waals surface area contributed by atoms with Crippen LogP contribution in [-0.2, 0) is 0 Å². The molecule has 0 heterocycles. The lowest BCUT2D eigenvalue weighted by Crippen LogP contribution is -2.44. The highest BCUT2D eigenvalue weighted by atomic mass is 16.5. The Morgan fingerprint density at radius 3 is 2.29 bits per heavy atom. The summed E-state index contributed by atoms with van der Waals surface area (Å²) in [6.07, 6.45) is 0.568. The fourth-order valence-electron chi connectivity index (χ4n) is 2.44. The molecule has 0 spiro atoms. The van der Waals surface area contributed by atoms with Crippen LogP contribution in [0.5, 0.6) is 5.75 Å². The van der Waals surface area contributed by atoms with Crippen molar-refractivity contribution in [2.45, 2.75) is 53.2 Å². The van der Waals surface area contributed by atoms with Crippen molar-refractivity contribution < 1.29 is 9.53 Å². The monoisotopic (exact) mass is 335 g/mol. The lowest BCUT2D eigenvalue weighted by Gasteiger charge is -2.19. The SMILES string of the molecule is CCN(CC)CCCNC(=O)NC(C)Oc1ccc(C(C)C)cc1. The second kappa shape index (κ2) is 10.9. The van der Waals surface area contributed by atoms with Crippen LogP contribution in [0.3, 0.4) is 0 Å². The zero-order chi connectivity index (χ0) is 17.9. The number of amides is 2. The van der Waals surface area contributed by atoms with Gasteiger partial charge in [0, 0.05) is 6.54 Å². The van der Waals surface area contributed by atoms with E-state index in [2.05, 4.69) is 55.4 Å². The molecule has 1 aromatic rings. The van der Waals surface area contributed by atoms with Crippen molar-refractivity contribution >= 4 is 6.03 Å². The molecule has 0 radical (unpaired) electrons. The first-order valence-corrected chi connectivity index (χ1v) is 8.99. The molecule has 1 unspecified atom stereocenters. The number of hydrogen-bond donors (Lipinski definition) is 2. The second-order valence-electron chi connectivity index (χ2n) is 6.26. The molecule has 0 bridgehead atoms. The van der Waals surface area contributed by atoms with Crippen LogP contribution in [0.15, 0.2) is 24.3 Å². The van der Waals surface area contributed by atoms with E-state index in [-0.39, 0.29) is 12.3 Å². The minimum absolute atomic E-state index is 0.194. The lowest BCUT2D eigenvalue weighted by atomic mass is 10.0. The smallest absolute Gasteiger partial charge is 0.317 e.